The fourth-order valence-electron chi connectivity index (χ4n) is 9.45. The zero-order valence-electron chi connectivity index (χ0n) is 25.1. The normalized spacial score (nSPS) is 36.2. The van der Waals surface area contributed by atoms with E-state index in [2.05, 4.69) is 60.8 Å². The smallest absolute Gasteiger partial charge is 0.408 e. The van der Waals surface area contributed by atoms with E-state index >= 15 is 0 Å². The number of rotatable bonds is 7. The lowest BCUT2D eigenvalue weighted by molar-refractivity contribution is -0.0580. The van der Waals surface area contributed by atoms with Crippen LogP contribution in [0, 0.1) is 35.0 Å². The van der Waals surface area contributed by atoms with Crippen LogP contribution >= 0.6 is 0 Å². The van der Waals surface area contributed by atoms with E-state index in [-0.39, 0.29) is 29.2 Å². The number of piperidine rings is 3. The van der Waals surface area contributed by atoms with Crippen molar-refractivity contribution in [3.8, 4) is 5.75 Å². The Balaban J connectivity index is 1.20. The van der Waals surface area contributed by atoms with Crippen LogP contribution in [0.25, 0.3) is 10.9 Å². The van der Waals surface area contributed by atoms with Gasteiger partial charge in [-0.3, -0.25) is 9.88 Å². The number of pyridine rings is 1. The molecule has 0 spiro atoms. The van der Waals surface area contributed by atoms with Crippen LogP contribution in [0.5, 0.6) is 5.75 Å². The van der Waals surface area contributed by atoms with Gasteiger partial charge in [0.05, 0.1) is 18.2 Å². The quantitative estimate of drug-likeness (QED) is 0.362. The molecule has 41 heavy (non-hydrogen) atoms. The number of hydrogen-bond donors (Lipinski definition) is 1. The van der Waals surface area contributed by atoms with Gasteiger partial charge in [0.1, 0.15) is 11.9 Å². The SMILES string of the molecule is C=C[C@H]1CN2CC[C@H]1C[C@H]2[C@H](OC(=O)NC12CC3CC(CC(C3)C1)C2)c1ccnc2ccc(OCC(C)(C)C)cc12. The molecule has 6 nitrogen and oxygen atoms in total. The molecule has 3 aliphatic heterocycles. The summed E-state index contributed by atoms with van der Waals surface area (Å²) in [6.07, 6.45) is 13.0. The molecule has 6 heteroatoms. The van der Waals surface area contributed by atoms with Crippen LogP contribution < -0.4 is 10.1 Å². The Morgan fingerprint density at radius 2 is 1.88 bits per heavy atom. The molecule has 3 saturated heterocycles. The maximum atomic E-state index is 13.9. The van der Waals surface area contributed by atoms with Crippen molar-refractivity contribution in [1.29, 1.82) is 0 Å². The highest BCUT2D eigenvalue weighted by molar-refractivity contribution is 5.84. The predicted molar refractivity (Wildman–Crippen MR) is 162 cm³/mol. The lowest BCUT2D eigenvalue weighted by Crippen LogP contribution is -2.60. The average Bonchev–Trinajstić information content (AvgIpc) is 2.93. The van der Waals surface area contributed by atoms with Crippen molar-refractivity contribution in [2.45, 2.75) is 89.8 Å². The van der Waals surface area contributed by atoms with E-state index in [0.29, 0.717) is 18.4 Å². The lowest BCUT2D eigenvalue weighted by atomic mass is 9.53. The Hall–Kier alpha value is -2.60. The Labute approximate surface area is 245 Å². The summed E-state index contributed by atoms with van der Waals surface area (Å²) in [7, 11) is 0. The Bertz CT molecular complexity index is 1280. The second-order valence-corrected chi connectivity index (χ2v) is 15.3. The molecule has 1 aromatic carbocycles. The number of ether oxygens (including phenoxy) is 2. The first-order chi connectivity index (χ1) is 19.7. The van der Waals surface area contributed by atoms with Gasteiger partial charge in [0.2, 0.25) is 0 Å². The molecular formula is C35H47N3O3. The Morgan fingerprint density at radius 1 is 1.15 bits per heavy atom. The first kappa shape index (κ1) is 27.2. The van der Waals surface area contributed by atoms with Crippen molar-refractivity contribution in [3.05, 3.63) is 48.7 Å². The molecular weight excluding hydrogens is 510 g/mol. The molecule has 4 saturated carbocycles. The van der Waals surface area contributed by atoms with E-state index in [4.69, 9.17) is 9.47 Å². The van der Waals surface area contributed by atoms with Crippen molar-refractivity contribution in [3.63, 3.8) is 0 Å². The van der Waals surface area contributed by atoms with Crippen molar-refractivity contribution < 1.29 is 14.3 Å². The van der Waals surface area contributed by atoms with Crippen LogP contribution in [0.3, 0.4) is 0 Å². The van der Waals surface area contributed by atoms with Gasteiger partial charge in [-0.25, -0.2) is 4.79 Å². The van der Waals surface area contributed by atoms with Gasteiger partial charge in [0, 0.05) is 29.2 Å². The van der Waals surface area contributed by atoms with E-state index < -0.39 is 0 Å². The molecule has 1 unspecified atom stereocenters. The number of fused-ring (bicyclic) bond motifs is 4. The van der Waals surface area contributed by atoms with Crippen LogP contribution in [-0.2, 0) is 4.74 Å². The van der Waals surface area contributed by atoms with Crippen molar-refractivity contribution in [2.24, 2.45) is 35.0 Å². The third-order valence-electron chi connectivity index (χ3n) is 10.9. The minimum absolute atomic E-state index is 0.0595. The Morgan fingerprint density at radius 3 is 2.51 bits per heavy atom. The third kappa shape index (κ3) is 5.37. The minimum atomic E-state index is -0.374. The molecule has 1 N–H and O–H groups in total. The maximum Gasteiger partial charge on any atom is 0.408 e. The van der Waals surface area contributed by atoms with Gasteiger partial charge < -0.3 is 14.8 Å². The number of benzene rings is 1. The predicted octanol–water partition coefficient (Wildman–Crippen LogP) is 7.29. The van der Waals surface area contributed by atoms with Crippen molar-refractivity contribution in [1.82, 2.24) is 15.2 Å². The molecule has 5 atom stereocenters. The molecule has 1 aromatic heterocycles. The summed E-state index contributed by atoms with van der Waals surface area (Å²) in [6.45, 7) is 13.3. The summed E-state index contributed by atoms with van der Waals surface area (Å²) in [5.41, 5.74) is 1.92. The monoisotopic (exact) mass is 557 g/mol. The van der Waals surface area contributed by atoms with E-state index in [0.717, 1.165) is 78.7 Å². The number of carbonyl (C=O) groups excluding carboxylic acids is 1. The fourth-order valence-corrected chi connectivity index (χ4v) is 9.45. The zero-order chi connectivity index (χ0) is 28.4. The molecule has 2 aromatic rings. The highest BCUT2D eigenvalue weighted by Gasteiger charge is 2.52. The van der Waals surface area contributed by atoms with E-state index in [1.54, 1.807) is 0 Å². The van der Waals surface area contributed by atoms with Crippen LogP contribution in [0.15, 0.2) is 43.1 Å². The number of alkyl carbamates (subject to hydrolysis) is 1. The minimum Gasteiger partial charge on any atom is -0.493 e. The number of amides is 1. The number of carbonyl (C=O) groups is 1. The molecule has 0 radical (unpaired) electrons. The molecule has 6 bridgehead atoms. The number of nitrogens with zero attached hydrogens (tertiary/aromatic N) is 2. The average molecular weight is 558 g/mol. The second kappa shape index (κ2) is 10.3. The van der Waals surface area contributed by atoms with Gasteiger partial charge in [0.25, 0.3) is 0 Å². The Kier molecular flexibility index (Phi) is 6.84. The molecule has 7 aliphatic rings. The highest BCUT2D eigenvalue weighted by atomic mass is 16.6. The van der Waals surface area contributed by atoms with E-state index in [9.17, 15) is 4.79 Å². The van der Waals surface area contributed by atoms with Crippen LogP contribution in [0.4, 0.5) is 4.79 Å². The molecule has 4 aliphatic carbocycles. The van der Waals surface area contributed by atoms with E-state index in [1.807, 2.05) is 18.3 Å². The molecule has 9 rings (SSSR count). The first-order valence-corrected chi connectivity index (χ1v) is 16.0. The van der Waals surface area contributed by atoms with Gasteiger partial charge in [0.15, 0.2) is 0 Å². The topological polar surface area (TPSA) is 63.7 Å². The molecule has 7 fully saturated rings. The van der Waals surface area contributed by atoms with Crippen molar-refractivity contribution in [2.75, 3.05) is 19.7 Å². The molecule has 1 amide bonds. The summed E-state index contributed by atoms with van der Waals surface area (Å²) in [5, 5.41) is 4.50. The summed E-state index contributed by atoms with van der Waals surface area (Å²) in [5.74, 6) is 4.22. The fraction of sp³-hybridized carbons (Fsp3) is 0.657. The van der Waals surface area contributed by atoms with Crippen LogP contribution in [0.1, 0.15) is 83.8 Å². The highest BCUT2D eigenvalue weighted by Crippen LogP contribution is 2.55. The third-order valence-corrected chi connectivity index (χ3v) is 10.9. The maximum absolute atomic E-state index is 13.9. The second-order valence-electron chi connectivity index (χ2n) is 15.3. The number of hydrogen-bond acceptors (Lipinski definition) is 5. The molecule has 220 valence electrons. The lowest BCUT2D eigenvalue weighted by Gasteiger charge is -2.56. The summed E-state index contributed by atoms with van der Waals surface area (Å²) >= 11 is 0. The van der Waals surface area contributed by atoms with Gasteiger partial charge >= 0.3 is 6.09 Å². The van der Waals surface area contributed by atoms with Crippen LogP contribution in [-0.4, -0.2) is 47.3 Å². The number of nitrogens with one attached hydrogen (secondary N) is 1. The van der Waals surface area contributed by atoms with E-state index in [1.165, 1.54) is 25.7 Å². The summed E-state index contributed by atoms with van der Waals surface area (Å²) < 4.78 is 12.8. The standard InChI is InChI=1S/C35H47N3O3/c1-5-25-20-38-11-9-26(25)15-31(38)32(41-33(39)37-35-17-22-12-23(18-35)14-24(13-22)19-35)28-8-10-36-30-7-6-27(16-29(28)30)40-21-34(2,3)4/h5-8,10,16,22-26,31-32H,1,9,11-15,17-21H2,2-4H3,(H,37,39)/t22?,23?,24?,25-,26-,31-,32+,35?/m0/s1. The number of aromatic nitrogens is 1. The molecule has 4 heterocycles. The van der Waals surface area contributed by atoms with Gasteiger partial charge in [-0.2, -0.15) is 0 Å². The zero-order valence-corrected chi connectivity index (χ0v) is 25.1. The van der Waals surface area contributed by atoms with Crippen molar-refractivity contribution >= 4 is 17.0 Å². The summed E-state index contributed by atoms with van der Waals surface area (Å²) in [4.78, 5) is 21.1. The largest absolute Gasteiger partial charge is 0.493 e. The van der Waals surface area contributed by atoms with Gasteiger partial charge in [-0.05, 0) is 117 Å². The van der Waals surface area contributed by atoms with Gasteiger partial charge in [-0.1, -0.05) is 26.8 Å². The summed E-state index contributed by atoms with van der Waals surface area (Å²) in [6, 6.07) is 8.33. The van der Waals surface area contributed by atoms with Gasteiger partial charge in [-0.15, -0.1) is 6.58 Å². The first-order valence-electron chi connectivity index (χ1n) is 16.0. The van der Waals surface area contributed by atoms with Crippen LogP contribution in [0.2, 0.25) is 0 Å².